The Balaban J connectivity index is 1.39. The molecule has 2 fully saturated rings. The standard InChI is InChI=1S/C19H30N4O/c1-21(17-7-10-20-11-8-17)19(24)9-12-22-13-15-23(16-14-22)18-5-3-2-4-6-18/h2-6,17,20H,7-16H2,1H3. The van der Waals surface area contributed by atoms with Gasteiger partial charge >= 0.3 is 0 Å². The van der Waals surface area contributed by atoms with Gasteiger partial charge in [-0.2, -0.15) is 0 Å². The van der Waals surface area contributed by atoms with Crippen LogP contribution in [0.4, 0.5) is 5.69 Å². The van der Waals surface area contributed by atoms with E-state index in [2.05, 4.69) is 45.4 Å². The number of amides is 1. The van der Waals surface area contributed by atoms with Gasteiger partial charge in [-0.25, -0.2) is 0 Å². The molecule has 1 aromatic carbocycles. The van der Waals surface area contributed by atoms with Crippen LogP contribution in [-0.4, -0.2) is 74.6 Å². The molecule has 0 unspecified atom stereocenters. The molecule has 2 heterocycles. The largest absolute Gasteiger partial charge is 0.369 e. The number of piperazine rings is 1. The minimum Gasteiger partial charge on any atom is -0.369 e. The molecule has 5 heteroatoms. The van der Waals surface area contributed by atoms with Crippen LogP contribution in [0, 0.1) is 0 Å². The van der Waals surface area contributed by atoms with E-state index in [1.54, 1.807) is 0 Å². The summed E-state index contributed by atoms with van der Waals surface area (Å²) in [4.78, 5) is 19.3. The highest BCUT2D eigenvalue weighted by Gasteiger charge is 2.23. The second-order valence-corrected chi connectivity index (χ2v) is 6.90. The minimum atomic E-state index is 0.299. The number of carbonyl (C=O) groups is 1. The Hall–Kier alpha value is -1.59. The van der Waals surface area contributed by atoms with Crippen molar-refractivity contribution < 1.29 is 4.79 Å². The first kappa shape index (κ1) is 17.2. The Bertz CT molecular complexity index is 507. The minimum absolute atomic E-state index is 0.299. The molecule has 132 valence electrons. The van der Waals surface area contributed by atoms with Gasteiger partial charge in [0, 0.05) is 57.9 Å². The molecule has 0 spiro atoms. The number of benzene rings is 1. The first-order valence-electron chi connectivity index (χ1n) is 9.23. The molecule has 3 rings (SSSR count). The zero-order chi connectivity index (χ0) is 16.8. The van der Waals surface area contributed by atoms with Crippen molar-refractivity contribution in [1.29, 1.82) is 0 Å². The molecule has 1 N–H and O–H groups in total. The molecule has 0 radical (unpaired) electrons. The van der Waals surface area contributed by atoms with Gasteiger partial charge in [0.1, 0.15) is 0 Å². The number of piperidine rings is 1. The molecule has 0 aromatic heterocycles. The zero-order valence-corrected chi connectivity index (χ0v) is 14.8. The monoisotopic (exact) mass is 330 g/mol. The molecule has 2 saturated heterocycles. The van der Waals surface area contributed by atoms with Crippen LogP contribution in [0.3, 0.4) is 0 Å². The van der Waals surface area contributed by atoms with Gasteiger partial charge in [0.05, 0.1) is 0 Å². The van der Waals surface area contributed by atoms with Crippen molar-refractivity contribution in [2.45, 2.75) is 25.3 Å². The van der Waals surface area contributed by atoms with E-state index in [4.69, 9.17) is 0 Å². The van der Waals surface area contributed by atoms with E-state index >= 15 is 0 Å². The molecule has 2 aliphatic heterocycles. The lowest BCUT2D eigenvalue weighted by Gasteiger charge is -2.36. The molecule has 0 atom stereocenters. The van der Waals surface area contributed by atoms with Gasteiger partial charge in [-0.1, -0.05) is 18.2 Å². The van der Waals surface area contributed by atoms with Crippen molar-refractivity contribution >= 4 is 11.6 Å². The fourth-order valence-corrected chi connectivity index (χ4v) is 3.70. The van der Waals surface area contributed by atoms with E-state index in [9.17, 15) is 4.79 Å². The lowest BCUT2D eigenvalue weighted by atomic mass is 10.1. The SMILES string of the molecule is CN(C(=O)CCN1CCN(c2ccccc2)CC1)C1CCNCC1. The average molecular weight is 330 g/mol. The van der Waals surface area contributed by atoms with Gasteiger partial charge in [0.2, 0.25) is 5.91 Å². The van der Waals surface area contributed by atoms with Crippen molar-refractivity contribution in [3.8, 4) is 0 Å². The van der Waals surface area contributed by atoms with Crippen LogP contribution in [0.1, 0.15) is 19.3 Å². The lowest BCUT2D eigenvalue weighted by Crippen LogP contribution is -2.48. The van der Waals surface area contributed by atoms with Gasteiger partial charge in [0.25, 0.3) is 0 Å². The predicted molar refractivity (Wildman–Crippen MR) is 98.4 cm³/mol. The molecule has 0 aliphatic carbocycles. The summed E-state index contributed by atoms with van der Waals surface area (Å²) < 4.78 is 0. The highest BCUT2D eigenvalue weighted by Crippen LogP contribution is 2.16. The van der Waals surface area contributed by atoms with Crippen molar-refractivity contribution in [2.24, 2.45) is 0 Å². The number of hydrogen-bond acceptors (Lipinski definition) is 4. The van der Waals surface area contributed by atoms with Crippen LogP contribution in [0.2, 0.25) is 0 Å². The highest BCUT2D eigenvalue weighted by atomic mass is 16.2. The maximum atomic E-state index is 12.4. The quantitative estimate of drug-likeness (QED) is 0.886. The van der Waals surface area contributed by atoms with Gasteiger partial charge in [-0.05, 0) is 38.1 Å². The van der Waals surface area contributed by atoms with Crippen LogP contribution in [-0.2, 0) is 4.79 Å². The molecule has 5 nitrogen and oxygen atoms in total. The number of hydrogen-bond donors (Lipinski definition) is 1. The summed E-state index contributed by atoms with van der Waals surface area (Å²) in [6.45, 7) is 7.12. The summed E-state index contributed by atoms with van der Waals surface area (Å²) in [5, 5.41) is 3.36. The lowest BCUT2D eigenvalue weighted by molar-refractivity contribution is -0.132. The van der Waals surface area contributed by atoms with Crippen LogP contribution in [0.5, 0.6) is 0 Å². The van der Waals surface area contributed by atoms with E-state index in [1.807, 2.05) is 11.9 Å². The number of nitrogens with one attached hydrogen (secondary N) is 1. The number of carbonyl (C=O) groups excluding carboxylic acids is 1. The molecular formula is C19H30N4O. The third kappa shape index (κ3) is 4.48. The van der Waals surface area contributed by atoms with Gasteiger partial charge in [-0.3, -0.25) is 9.69 Å². The zero-order valence-electron chi connectivity index (χ0n) is 14.8. The number of nitrogens with zero attached hydrogens (tertiary/aromatic N) is 3. The summed E-state index contributed by atoms with van der Waals surface area (Å²) in [5.41, 5.74) is 1.30. The Morgan fingerprint density at radius 3 is 2.46 bits per heavy atom. The molecule has 0 saturated carbocycles. The summed E-state index contributed by atoms with van der Waals surface area (Å²) in [7, 11) is 1.98. The average Bonchev–Trinajstić information content (AvgIpc) is 2.67. The molecule has 1 aromatic rings. The smallest absolute Gasteiger partial charge is 0.223 e. The van der Waals surface area contributed by atoms with Crippen molar-refractivity contribution in [2.75, 3.05) is 57.8 Å². The molecular weight excluding hydrogens is 300 g/mol. The second-order valence-electron chi connectivity index (χ2n) is 6.90. The van der Waals surface area contributed by atoms with Crippen molar-refractivity contribution in [3.63, 3.8) is 0 Å². The maximum Gasteiger partial charge on any atom is 0.223 e. The van der Waals surface area contributed by atoms with Crippen LogP contribution in [0.15, 0.2) is 30.3 Å². The van der Waals surface area contributed by atoms with E-state index in [-0.39, 0.29) is 0 Å². The number of rotatable bonds is 5. The second kappa shape index (κ2) is 8.49. The Labute approximate surface area is 145 Å². The normalized spacial score (nSPS) is 20.1. The molecule has 0 bridgehead atoms. The highest BCUT2D eigenvalue weighted by molar-refractivity contribution is 5.76. The first-order chi connectivity index (χ1) is 11.7. The fraction of sp³-hybridized carbons (Fsp3) is 0.632. The Morgan fingerprint density at radius 1 is 1.12 bits per heavy atom. The van der Waals surface area contributed by atoms with E-state index in [0.717, 1.165) is 58.7 Å². The Morgan fingerprint density at radius 2 is 1.79 bits per heavy atom. The van der Waals surface area contributed by atoms with Gasteiger partial charge < -0.3 is 15.1 Å². The number of para-hydroxylation sites is 1. The summed E-state index contributed by atoms with van der Waals surface area (Å²) in [6.07, 6.45) is 2.81. The molecule has 2 aliphatic rings. The van der Waals surface area contributed by atoms with Crippen LogP contribution >= 0.6 is 0 Å². The summed E-state index contributed by atoms with van der Waals surface area (Å²) >= 11 is 0. The topological polar surface area (TPSA) is 38.8 Å². The van der Waals surface area contributed by atoms with E-state index in [1.165, 1.54) is 5.69 Å². The molecule has 1 amide bonds. The van der Waals surface area contributed by atoms with Crippen molar-refractivity contribution in [3.05, 3.63) is 30.3 Å². The summed E-state index contributed by atoms with van der Waals surface area (Å²) in [5.74, 6) is 0.299. The summed E-state index contributed by atoms with van der Waals surface area (Å²) in [6, 6.07) is 11.0. The predicted octanol–water partition coefficient (Wildman–Crippen LogP) is 1.41. The van der Waals surface area contributed by atoms with Crippen LogP contribution < -0.4 is 10.2 Å². The van der Waals surface area contributed by atoms with Crippen LogP contribution in [0.25, 0.3) is 0 Å². The van der Waals surface area contributed by atoms with Gasteiger partial charge in [0.15, 0.2) is 0 Å². The maximum absolute atomic E-state index is 12.4. The first-order valence-corrected chi connectivity index (χ1v) is 9.23. The van der Waals surface area contributed by atoms with Crippen molar-refractivity contribution in [1.82, 2.24) is 15.1 Å². The fourth-order valence-electron chi connectivity index (χ4n) is 3.70. The third-order valence-electron chi connectivity index (χ3n) is 5.39. The number of anilines is 1. The third-order valence-corrected chi connectivity index (χ3v) is 5.39. The van der Waals surface area contributed by atoms with E-state index < -0.39 is 0 Å². The Kier molecular flexibility index (Phi) is 6.10. The van der Waals surface area contributed by atoms with Gasteiger partial charge in [-0.15, -0.1) is 0 Å². The molecule has 24 heavy (non-hydrogen) atoms. The van der Waals surface area contributed by atoms with E-state index in [0.29, 0.717) is 18.4 Å².